The average molecular weight is 273 g/mol. The van der Waals surface area contributed by atoms with E-state index in [9.17, 15) is 4.79 Å². The topological polar surface area (TPSA) is 50.1 Å². The number of allylic oxidation sites excluding steroid dienone is 1. The number of aliphatic imine (C=N–C) groups is 1. The molecule has 1 aromatic heterocycles. The highest BCUT2D eigenvalue weighted by Gasteiger charge is 2.06. The molecular formula is C14H15N3OS. The molecule has 0 fully saturated rings. The molecule has 1 N–H and O–H groups in total. The lowest BCUT2D eigenvalue weighted by Crippen LogP contribution is -2.25. The number of aromatic amines is 1. The van der Waals surface area contributed by atoms with E-state index in [1.54, 1.807) is 12.1 Å². The first kappa shape index (κ1) is 13.2. The number of aromatic nitrogens is 2. The third-order valence-corrected chi connectivity index (χ3v) is 3.02. The number of fused-ring (bicyclic) bond motifs is 1. The molecule has 4 nitrogen and oxygen atoms in total. The highest BCUT2D eigenvalue weighted by Crippen LogP contribution is 2.06. The summed E-state index contributed by atoms with van der Waals surface area (Å²) in [7, 11) is 0. The maximum atomic E-state index is 12.4. The summed E-state index contributed by atoms with van der Waals surface area (Å²) in [5.41, 5.74) is 1.22. The highest BCUT2D eigenvalue weighted by molar-refractivity contribution is 7.71. The first-order chi connectivity index (χ1) is 9.17. The predicted octanol–water partition coefficient (Wildman–Crippen LogP) is 3.08. The van der Waals surface area contributed by atoms with Crippen molar-refractivity contribution in [2.75, 3.05) is 0 Å². The van der Waals surface area contributed by atoms with Gasteiger partial charge in [0.1, 0.15) is 0 Å². The van der Waals surface area contributed by atoms with Gasteiger partial charge in [-0.15, -0.1) is 0 Å². The molecule has 0 unspecified atom stereocenters. The summed E-state index contributed by atoms with van der Waals surface area (Å²) in [5, 5.41) is 0.595. The smallest absolute Gasteiger partial charge is 0.262 e. The number of H-pyrrole nitrogens is 1. The fourth-order valence-electron chi connectivity index (χ4n) is 1.78. The Morgan fingerprint density at radius 2 is 2.21 bits per heavy atom. The quantitative estimate of drug-likeness (QED) is 0.687. The monoisotopic (exact) mass is 273 g/mol. The Balaban J connectivity index is 0.00000200. The van der Waals surface area contributed by atoms with Crippen LogP contribution in [0.15, 0.2) is 59.5 Å². The van der Waals surface area contributed by atoms with Gasteiger partial charge in [0.15, 0.2) is 4.77 Å². The Kier molecular flexibility index (Phi) is 3.87. The maximum absolute atomic E-state index is 12.4. The molecule has 0 radical (unpaired) electrons. The normalized spacial score (nSPS) is 11.5. The molecule has 0 bridgehead atoms. The highest BCUT2D eigenvalue weighted by atomic mass is 32.1. The fraction of sp³-hybridized carbons (Fsp3) is 0.0714. The number of hydrogen-bond donors (Lipinski definition) is 1. The van der Waals surface area contributed by atoms with Gasteiger partial charge in [-0.3, -0.25) is 14.4 Å². The second kappa shape index (κ2) is 5.58. The Morgan fingerprint density at radius 3 is 2.89 bits per heavy atom. The lowest BCUT2D eigenvalue weighted by Gasteiger charge is -2.07. The van der Waals surface area contributed by atoms with Gasteiger partial charge in [0.05, 0.1) is 23.2 Å². The summed E-state index contributed by atoms with van der Waals surface area (Å²) >= 11 is 5.21. The number of benzene rings is 1. The number of para-hydroxylation sites is 1. The Morgan fingerprint density at radius 1 is 1.47 bits per heavy atom. The van der Waals surface area contributed by atoms with Crippen LogP contribution < -0.4 is 5.56 Å². The van der Waals surface area contributed by atoms with E-state index in [2.05, 4.69) is 23.1 Å². The average Bonchev–Trinajstić information content (AvgIpc) is 2.42. The van der Waals surface area contributed by atoms with Crippen molar-refractivity contribution in [2.24, 2.45) is 4.99 Å². The summed E-state index contributed by atoms with van der Waals surface area (Å²) in [5.74, 6) is 0. The third kappa shape index (κ3) is 2.61. The summed E-state index contributed by atoms with van der Waals surface area (Å²) in [6.07, 6.45) is 2.99. The van der Waals surface area contributed by atoms with Crippen LogP contribution in [-0.4, -0.2) is 15.3 Å². The van der Waals surface area contributed by atoms with E-state index in [1.165, 1.54) is 10.8 Å². The standard InChI is InChI=1S/C14H13N3OS.H2/c1-3-10(15-4-2)9-17-13(18)11-7-5-6-8-12(11)16-14(17)19;/h3-8H,1-2,9H2,(H,16,19);1H. The van der Waals surface area contributed by atoms with Crippen LogP contribution in [0.25, 0.3) is 10.9 Å². The molecule has 2 aromatic rings. The molecule has 2 rings (SSSR count). The van der Waals surface area contributed by atoms with E-state index in [4.69, 9.17) is 12.2 Å². The van der Waals surface area contributed by atoms with E-state index in [0.717, 1.165) is 5.52 Å². The first-order valence-electron chi connectivity index (χ1n) is 5.69. The number of nitrogens with one attached hydrogen (secondary N) is 1. The van der Waals surface area contributed by atoms with Gasteiger partial charge in [-0.1, -0.05) is 25.3 Å². The summed E-state index contributed by atoms with van der Waals surface area (Å²) in [6, 6.07) is 7.25. The van der Waals surface area contributed by atoms with E-state index in [0.29, 0.717) is 15.9 Å². The van der Waals surface area contributed by atoms with Crippen molar-refractivity contribution < 1.29 is 1.43 Å². The van der Waals surface area contributed by atoms with Crippen molar-refractivity contribution in [2.45, 2.75) is 6.54 Å². The molecule has 0 aliphatic heterocycles. The summed E-state index contributed by atoms with van der Waals surface area (Å²) in [4.78, 5) is 19.4. The zero-order valence-corrected chi connectivity index (χ0v) is 11.1. The largest absolute Gasteiger partial charge is 0.332 e. The van der Waals surface area contributed by atoms with Gasteiger partial charge in [0, 0.05) is 7.63 Å². The molecular weight excluding hydrogens is 258 g/mol. The zero-order valence-electron chi connectivity index (χ0n) is 10.3. The van der Waals surface area contributed by atoms with Crippen LogP contribution in [0, 0.1) is 4.77 Å². The van der Waals surface area contributed by atoms with Gasteiger partial charge in [-0.25, -0.2) is 0 Å². The Hall–Kier alpha value is -2.27. The van der Waals surface area contributed by atoms with E-state index in [1.807, 2.05) is 18.2 Å². The molecule has 19 heavy (non-hydrogen) atoms. The van der Waals surface area contributed by atoms with Crippen LogP contribution in [0.5, 0.6) is 0 Å². The Labute approximate surface area is 116 Å². The van der Waals surface area contributed by atoms with Crippen LogP contribution in [-0.2, 0) is 6.54 Å². The van der Waals surface area contributed by atoms with Gasteiger partial charge < -0.3 is 4.98 Å². The molecule has 0 saturated heterocycles. The SMILES string of the molecule is C=CN=C(C=C)Cn1c(=S)[nH]c2ccccc2c1=O.[HH]. The van der Waals surface area contributed by atoms with Crippen molar-refractivity contribution in [3.05, 3.63) is 64.8 Å². The minimum atomic E-state index is -0.141. The van der Waals surface area contributed by atoms with Crippen LogP contribution >= 0.6 is 12.2 Å². The van der Waals surface area contributed by atoms with Crippen LogP contribution in [0.2, 0.25) is 0 Å². The lowest BCUT2D eigenvalue weighted by atomic mass is 10.2. The number of nitrogens with zero attached hydrogens (tertiary/aromatic N) is 2. The van der Waals surface area contributed by atoms with Crippen molar-refractivity contribution in [3.63, 3.8) is 0 Å². The molecule has 5 heteroatoms. The van der Waals surface area contributed by atoms with Crippen molar-refractivity contribution >= 4 is 28.8 Å². The van der Waals surface area contributed by atoms with Crippen LogP contribution in [0.3, 0.4) is 0 Å². The minimum Gasteiger partial charge on any atom is -0.332 e. The van der Waals surface area contributed by atoms with Gasteiger partial charge in [0.2, 0.25) is 0 Å². The number of hydrogen-bond acceptors (Lipinski definition) is 3. The third-order valence-electron chi connectivity index (χ3n) is 2.70. The van der Waals surface area contributed by atoms with Crippen molar-refractivity contribution in [1.29, 1.82) is 0 Å². The lowest BCUT2D eigenvalue weighted by molar-refractivity contribution is 0.777. The second-order valence-electron chi connectivity index (χ2n) is 3.87. The zero-order chi connectivity index (χ0) is 13.8. The molecule has 0 amide bonds. The molecule has 98 valence electrons. The van der Waals surface area contributed by atoms with Gasteiger partial charge in [0.25, 0.3) is 5.56 Å². The second-order valence-corrected chi connectivity index (χ2v) is 4.26. The van der Waals surface area contributed by atoms with E-state index in [-0.39, 0.29) is 13.5 Å². The summed E-state index contributed by atoms with van der Waals surface area (Å²) in [6.45, 7) is 7.46. The molecule has 0 aliphatic rings. The van der Waals surface area contributed by atoms with E-state index < -0.39 is 0 Å². The van der Waals surface area contributed by atoms with Crippen LogP contribution in [0.4, 0.5) is 0 Å². The van der Waals surface area contributed by atoms with Crippen molar-refractivity contribution in [3.8, 4) is 0 Å². The number of rotatable bonds is 4. The molecule has 1 heterocycles. The maximum Gasteiger partial charge on any atom is 0.262 e. The minimum absolute atomic E-state index is 0. The van der Waals surface area contributed by atoms with Crippen molar-refractivity contribution in [1.82, 2.24) is 9.55 Å². The van der Waals surface area contributed by atoms with Crippen LogP contribution in [0.1, 0.15) is 1.43 Å². The van der Waals surface area contributed by atoms with Gasteiger partial charge in [-0.05, 0) is 30.4 Å². The first-order valence-corrected chi connectivity index (χ1v) is 6.10. The Bertz CT molecular complexity index is 789. The molecule has 0 aliphatic carbocycles. The van der Waals surface area contributed by atoms with E-state index >= 15 is 0 Å². The predicted molar refractivity (Wildman–Crippen MR) is 83.3 cm³/mol. The molecule has 0 saturated carbocycles. The van der Waals surface area contributed by atoms with Gasteiger partial charge in [-0.2, -0.15) is 0 Å². The molecule has 0 atom stereocenters. The van der Waals surface area contributed by atoms with Gasteiger partial charge >= 0.3 is 0 Å². The summed E-state index contributed by atoms with van der Waals surface area (Å²) < 4.78 is 1.82. The molecule has 0 spiro atoms. The molecule has 1 aromatic carbocycles. The fourth-order valence-corrected chi connectivity index (χ4v) is 2.04.